The van der Waals surface area contributed by atoms with Crippen LogP contribution in [0.25, 0.3) is 11.1 Å². The van der Waals surface area contributed by atoms with Crippen molar-refractivity contribution in [1.82, 2.24) is 10.3 Å². The van der Waals surface area contributed by atoms with Crippen molar-refractivity contribution in [3.63, 3.8) is 0 Å². The van der Waals surface area contributed by atoms with Gasteiger partial charge in [0.15, 0.2) is 0 Å². The van der Waals surface area contributed by atoms with Gasteiger partial charge in [-0.15, -0.1) is 0 Å². The number of hydrogen-bond donors (Lipinski definition) is 2. The minimum Gasteiger partial charge on any atom is -0.435 e. The second kappa shape index (κ2) is 9.42. The van der Waals surface area contributed by atoms with E-state index in [1.54, 1.807) is 11.8 Å². The van der Waals surface area contributed by atoms with Crippen molar-refractivity contribution in [1.29, 1.82) is 5.26 Å². The molecule has 2 heterocycles. The SMILES string of the molecule is CC(NC(=O)c1cnc(C#N)c(-c2cccc(OC(F)F)c2)c1N1CC[C@](C)(N)C1)C(F)(F)F. The van der Waals surface area contributed by atoms with Gasteiger partial charge in [0.05, 0.1) is 11.3 Å². The average molecular weight is 483 g/mol. The molecule has 0 aliphatic carbocycles. The van der Waals surface area contributed by atoms with Gasteiger partial charge in [-0.05, 0) is 38.0 Å². The number of nitriles is 1. The summed E-state index contributed by atoms with van der Waals surface area (Å²) in [6, 6.07) is 5.18. The van der Waals surface area contributed by atoms with Crippen LogP contribution in [0.5, 0.6) is 5.75 Å². The number of pyridine rings is 1. The first-order chi connectivity index (χ1) is 15.8. The second-order valence-corrected chi connectivity index (χ2v) is 8.32. The van der Waals surface area contributed by atoms with E-state index in [2.05, 4.69) is 9.72 Å². The lowest BCUT2D eigenvalue weighted by atomic mass is 9.97. The minimum absolute atomic E-state index is 0.104. The summed E-state index contributed by atoms with van der Waals surface area (Å²) in [6.45, 7) is 0.0598. The largest absolute Gasteiger partial charge is 0.435 e. The van der Waals surface area contributed by atoms with E-state index >= 15 is 0 Å². The number of ether oxygens (including phenoxy) is 1. The van der Waals surface area contributed by atoms with Crippen LogP contribution in [0.1, 0.15) is 36.3 Å². The van der Waals surface area contributed by atoms with Gasteiger partial charge in [-0.2, -0.15) is 27.2 Å². The summed E-state index contributed by atoms with van der Waals surface area (Å²) in [5.41, 5.74) is 5.69. The van der Waals surface area contributed by atoms with Crippen molar-refractivity contribution >= 4 is 11.6 Å². The van der Waals surface area contributed by atoms with E-state index in [9.17, 15) is 32.0 Å². The number of hydrogen-bond acceptors (Lipinski definition) is 6. The zero-order valence-corrected chi connectivity index (χ0v) is 18.3. The van der Waals surface area contributed by atoms with Crippen LogP contribution in [0.4, 0.5) is 27.6 Å². The summed E-state index contributed by atoms with van der Waals surface area (Å²) in [5, 5.41) is 11.6. The third-order valence-corrected chi connectivity index (χ3v) is 5.41. The van der Waals surface area contributed by atoms with Crippen LogP contribution in [0.15, 0.2) is 30.5 Å². The van der Waals surface area contributed by atoms with Crippen LogP contribution >= 0.6 is 0 Å². The number of carbonyl (C=O) groups excluding carboxylic acids is 1. The molecule has 34 heavy (non-hydrogen) atoms. The monoisotopic (exact) mass is 483 g/mol. The van der Waals surface area contributed by atoms with Gasteiger partial charge >= 0.3 is 12.8 Å². The van der Waals surface area contributed by atoms with Crippen LogP contribution < -0.4 is 20.7 Å². The highest BCUT2D eigenvalue weighted by Gasteiger charge is 2.39. The van der Waals surface area contributed by atoms with Gasteiger partial charge in [0.2, 0.25) is 0 Å². The van der Waals surface area contributed by atoms with Crippen LogP contribution in [0, 0.1) is 11.3 Å². The molecule has 0 radical (unpaired) electrons. The molecule has 182 valence electrons. The van der Waals surface area contributed by atoms with E-state index in [0.29, 0.717) is 13.0 Å². The van der Waals surface area contributed by atoms with Gasteiger partial charge in [-0.25, -0.2) is 4.98 Å². The third-order valence-electron chi connectivity index (χ3n) is 5.41. The maximum absolute atomic E-state index is 13.1. The first kappa shape index (κ1) is 25.2. The fourth-order valence-corrected chi connectivity index (χ4v) is 3.71. The first-order valence-electron chi connectivity index (χ1n) is 10.2. The zero-order chi connectivity index (χ0) is 25.3. The Morgan fingerprint density at radius 1 is 1.38 bits per heavy atom. The summed E-state index contributed by atoms with van der Waals surface area (Å²) in [5.74, 6) is -1.25. The van der Waals surface area contributed by atoms with Gasteiger partial charge in [-0.1, -0.05) is 12.1 Å². The van der Waals surface area contributed by atoms with Crippen molar-refractivity contribution in [2.45, 2.75) is 44.6 Å². The molecule has 0 spiro atoms. The number of rotatable bonds is 6. The van der Waals surface area contributed by atoms with Crippen LogP contribution in [0.3, 0.4) is 0 Å². The number of amides is 1. The van der Waals surface area contributed by atoms with Gasteiger partial charge in [-0.3, -0.25) is 4.79 Å². The number of nitrogens with one attached hydrogen (secondary N) is 1. The number of carbonyl (C=O) groups is 1. The summed E-state index contributed by atoms with van der Waals surface area (Å²) in [4.78, 5) is 18.6. The molecular formula is C22H22F5N5O2. The number of anilines is 1. The Balaban J connectivity index is 2.21. The van der Waals surface area contributed by atoms with Crippen molar-refractivity contribution in [2.75, 3.05) is 18.0 Å². The molecule has 12 heteroatoms. The van der Waals surface area contributed by atoms with Crippen molar-refractivity contribution in [3.05, 3.63) is 41.7 Å². The lowest BCUT2D eigenvalue weighted by Crippen LogP contribution is -2.44. The maximum atomic E-state index is 13.1. The van der Waals surface area contributed by atoms with E-state index in [1.807, 2.05) is 11.4 Å². The molecule has 1 amide bonds. The predicted molar refractivity (Wildman–Crippen MR) is 113 cm³/mol. The lowest BCUT2D eigenvalue weighted by Gasteiger charge is -2.27. The van der Waals surface area contributed by atoms with Crippen molar-refractivity contribution in [3.8, 4) is 22.9 Å². The Bertz CT molecular complexity index is 1110. The van der Waals surface area contributed by atoms with E-state index in [0.717, 1.165) is 13.1 Å². The number of nitrogens with two attached hydrogens (primary N) is 1. The standard InChI is InChI=1S/C22H22F5N5O2/c1-12(22(25,26)27)31-19(33)15-10-30-16(9-28)17(18(15)32-7-6-21(2,29)11-32)13-4-3-5-14(8-13)34-20(23)24/h3-5,8,10,12,20H,6-7,11,29H2,1-2H3,(H,31,33)/t12?,21-/m0/s1. The van der Waals surface area contributed by atoms with E-state index in [-0.39, 0.29) is 40.4 Å². The van der Waals surface area contributed by atoms with Gasteiger partial charge in [0.1, 0.15) is 23.6 Å². The molecule has 1 aromatic heterocycles. The topological polar surface area (TPSA) is 104 Å². The van der Waals surface area contributed by atoms with Gasteiger partial charge in [0.25, 0.3) is 5.91 Å². The van der Waals surface area contributed by atoms with Gasteiger partial charge < -0.3 is 20.7 Å². The zero-order valence-electron chi connectivity index (χ0n) is 18.3. The Labute approximate surface area is 192 Å². The quantitative estimate of drug-likeness (QED) is 0.606. The molecule has 1 aliphatic heterocycles. The Morgan fingerprint density at radius 2 is 2.09 bits per heavy atom. The molecule has 0 saturated carbocycles. The molecule has 2 aromatic rings. The maximum Gasteiger partial charge on any atom is 0.408 e. The molecule has 7 nitrogen and oxygen atoms in total. The Hall–Kier alpha value is -3.46. The van der Waals surface area contributed by atoms with E-state index in [1.165, 1.54) is 24.3 Å². The highest BCUT2D eigenvalue weighted by Crippen LogP contribution is 2.40. The summed E-state index contributed by atoms with van der Waals surface area (Å²) < 4.78 is 69.1. The molecule has 3 rings (SSSR count). The normalized spacial score (nSPS) is 19.1. The molecule has 1 saturated heterocycles. The van der Waals surface area contributed by atoms with Crippen molar-refractivity contribution < 1.29 is 31.5 Å². The lowest BCUT2D eigenvalue weighted by molar-refractivity contribution is -0.149. The molecule has 1 aliphatic rings. The number of nitrogens with zero attached hydrogens (tertiary/aromatic N) is 3. The van der Waals surface area contributed by atoms with Crippen LogP contribution in [0.2, 0.25) is 0 Å². The Kier molecular flexibility index (Phi) is 6.97. The summed E-state index contributed by atoms with van der Waals surface area (Å²) in [7, 11) is 0. The van der Waals surface area contributed by atoms with E-state index in [4.69, 9.17) is 5.73 Å². The molecule has 1 aromatic carbocycles. The smallest absolute Gasteiger partial charge is 0.408 e. The molecule has 0 bridgehead atoms. The predicted octanol–water partition coefficient (Wildman–Crippen LogP) is 3.83. The molecule has 1 fully saturated rings. The second-order valence-electron chi connectivity index (χ2n) is 8.32. The highest BCUT2D eigenvalue weighted by atomic mass is 19.4. The Morgan fingerprint density at radius 3 is 2.65 bits per heavy atom. The molecule has 3 N–H and O–H groups in total. The fourth-order valence-electron chi connectivity index (χ4n) is 3.71. The average Bonchev–Trinajstić information content (AvgIpc) is 3.10. The highest BCUT2D eigenvalue weighted by molar-refractivity contribution is 6.04. The number of halogens is 5. The number of alkyl halides is 5. The number of benzene rings is 1. The molecule has 2 atom stereocenters. The summed E-state index contributed by atoms with van der Waals surface area (Å²) >= 11 is 0. The summed E-state index contributed by atoms with van der Waals surface area (Å²) in [6.07, 6.45) is -3.14. The van der Waals surface area contributed by atoms with Gasteiger partial charge in [0, 0.05) is 30.4 Å². The van der Waals surface area contributed by atoms with E-state index < -0.39 is 30.3 Å². The third kappa shape index (κ3) is 5.53. The molecular weight excluding hydrogens is 461 g/mol. The number of aromatic nitrogens is 1. The molecule has 1 unspecified atom stereocenters. The van der Waals surface area contributed by atoms with Crippen molar-refractivity contribution in [2.24, 2.45) is 5.73 Å². The minimum atomic E-state index is -4.68. The van der Waals surface area contributed by atoms with Crippen LogP contribution in [-0.4, -0.2) is 48.3 Å². The first-order valence-corrected chi connectivity index (χ1v) is 10.2. The fraction of sp³-hybridized carbons (Fsp3) is 0.409. The van der Waals surface area contributed by atoms with Crippen LogP contribution in [-0.2, 0) is 0 Å².